The van der Waals surface area contributed by atoms with Gasteiger partial charge >= 0.3 is 5.97 Å². The van der Waals surface area contributed by atoms with Gasteiger partial charge in [-0.3, -0.25) is 4.79 Å². The van der Waals surface area contributed by atoms with Crippen molar-refractivity contribution in [1.29, 1.82) is 0 Å². The van der Waals surface area contributed by atoms with Crippen LogP contribution in [0.4, 0.5) is 0 Å². The van der Waals surface area contributed by atoms with E-state index in [9.17, 15) is 4.79 Å². The average Bonchev–Trinajstić information content (AvgIpc) is 2.28. The summed E-state index contributed by atoms with van der Waals surface area (Å²) >= 11 is 0. The van der Waals surface area contributed by atoms with Gasteiger partial charge in [-0.2, -0.15) is 0 Å². The smallest absolute Gasteiger partial charge is 0.303 e. The van der Waals surface area contributed by atoms with Crippen molar-refractivity contribution in [2.75, 3.05) is 6.61 Å². The zero-order valence-electron chi connectivity index (χ0n) is 9.24. The van der Waals surface area contributed by atoms with E-state index in [0.717, 1.165) is 19.4 Å². The monoisotopic (exact) mass is 220 g/mol. The van der Waals surface area contributed by atoms with Gasteiger partial charge in [0.15, 0.2) is 0 Å². The van der Waals surface area contributed by atoms with Crippen LogP contribution in [-0.2, 0) is 29.0 Å². The fraction of sp³-hybridized carbons (Fsp3) is 0.462. The third-order valence-electron chi connectivity index (χ3n) is 2.90. The number of rotatable bonds is 4. The maximum Gasteiger partial charge on any atom is 0.303 e. The number of carboxylic acid groups (broad SMARTS) is 1. The van der Waals surface area contributed by atoms with Crippen LogP contribution in [-0.4, -0.2) is 17.7 Å². The Kier molecular flexibility index (Phi) is 3.57. The van der Waals surface area contributed by atoms with E-state index in [0.29, 0.717) is 13.0 Å². The van der Waals surface area contributed by atoms with Gasteiger partial charge < -0.3 is 9.84 Å². The summed E-state index contributed by atoms with van der Waals surface area (Å²) in [5.74, 6) is -0.716. The molecule has 0 aliphatic carbocycles. The number of aryl methyl sites for hydroxylation is 1. The van der Waals surface area contributed by atoms with Gasteiger partial charge in [-0.15, -0.1) is 0 Å². The van der Waals surface area contributed by atoms with Crippen LogP contribution in [0.3, 0.4) is 0 Å². The first kappa shape index (κ1) is 11.1. The summed E-state index contributed by atoms with van der Waals surface area (Å²) in [5, 5.41) is 8.57. The molecule has 1 N–H and O–H groups in total. The first-order valence-electron chi connectivity index (χ1n) is 5.66. The lowest BCUT2D eigenvalue weighted by Crippen LogP contribution is -2.10. The van der Waals surface area contributed by atoms with E-state index in [4.69, 9.17) is 9.84 Å². The maximum atomic E-state index is 10.4. The predicted octanol–water partition coefficient (Wildman–Crippen LogP) is 2.17. The number of aliphatic carboxylic acids is 1. The molecule has 0 bridgehead atoms. The molecule has 0 aromatic heterocycles. The standard InChI is InChI=1S/C13H16O3/c14-13(15)3-1-2-10-4-5-12-9-16-7-6-11(12)8-10/h4-5,8H,1-3,6-7,9H2,(H,14,15). The molecule has 1 heterocycles. The van der Waals surface area contributed by atoms with E-state index in [1.165, 1.54) is 16.7 Å². The lowest BCUT2D eigenvalue weighted by molar-refractivity contribution is -0.137. The van der Waals surface area contributed by atoms with Gasteiger partial charge in [0.2, 0.25) is 0 Å². The molecule has 0 fully saturated rings. The summed E-state index contributed by atoms with van der Waals surface area (Å²) in [5.41, 5.74) is 3.87. The number of hydrogen-bond donors (Lipinski definition) is 1. The fourth-order valence-electron chi connectivity index (χ4n) is 2.02. The molecule has 3 nitrogen and oxygen atoms in total. The van der Waals surface area contributed by atoms with Crippen molar-refractivity contribution in [3.05, 3.63) is 34.9 Å². The molecule has 1 aliphatic heterocycles. The maximum absolute atomic E-state index is 10.4. The van der Waals surface area contributed by atoms with Crippen molar-refractivity contribution >= 4 is 5.97 Å². The van der Waals surface area contributed by atoms with Gasteiger partial charge in [-0.25, -0.2) is 0 Å². The van der Waals surface area contributed by atoms with Crippen LogP contribution in [0, 0.1) is 0 Å². The topological polar surface area (TPSA) is 46.5 Å². The molecule has 1 aromatic rings. The van der Waals surface area contributed by atoms with Crippen molar-refractivity contribution in [3.8, 4) is 0 Å². The van der Waals surface area contributed by atoms with Crippen LogP contribution >= 0.6 is 0 Å². The van der Waals surface area contributed by atoms with Crippen molar-refractivity contribution in [1.82, 2.24) is 0 Å². The van der Waals surface area contributed by atoms with Crippen molar-refractivity contribution in [3.63, 3.8) is 0 Å². The molecule has 16 heavy (non-hydrogen) atoms. The zero-order valence-corrected chi connectivity index (χ0v) is 9.24. The Morgan fingerprint density at radius 1 is 1.38 bits per heavy atom. The Morgan fingerprint density at radius 3 is 3.06 bits per heavy atom. The summed E-state index contributed by atoms with van der Waals surface area (Å²) in [6.07, 6.45) is 2.79. The highest BCUT2D eigenvalue weighted by molar-refractivity contribution is 5.66. The second-order valence-corrected chi connectivity index (χ2v) is 4.15. The lowest BCUT2D eigenvalue weighted by atomic mass is 9.98. The summed E-state index contributed by atoms with van der Waals surface area (Å²) in [7, 11) is 0. The van der Waals surface area contributed by atoms with Crippen molar-refractivity contribution < 1.29 is 14.6 Å². The molecule has 0 amide bonds. The van der Waals surface area contributed by atoms with Gasteiger partial charge in [0, 0.05) is 6.42 Å². The van der Waals surface area contributed by atoms with E-state index < -0.39 is 5.97 Å². The number of fused-ring (bicyclic) bond motifs is 1. The zero-order chi connectivity index (χ0) is 11.4. The Morgan fingerprint density at radius 2 is 2.25 bits per heavy atom. The second kappa shape index (κ2) is 5.12. The SMILES string of the molecule is O=C(O)CCCc1ccc2c(c1)CCOC2. The molecule has 2 rings (SSSR count). The first-order valence-corrected chi connectivity index (χ1v) is 5.66. The average molecular weight is 220 g/mol. The van der Waals surface area contributed by atoms with E-state index >= 15 is 0 Å². The highest BCUT2D eigenvalue weighted by Crippen LogP contribution is 2.19. The summed E-state index contributed by atoms with van der Waals surface area (Å²) in [4.78, 5) is 10.4. The summed E-state index contributed by atoms with van der Waals surface area (Å²) in [6.45, 7) is 1.51. The first-order chi connectivity index (χ1) is 7.75. The van der Waals surface area contributed by atoms with Crippen LogP contribution < -0.4 is 0 Å². The number of hydrogen-bond acceptors (Lipinski definition) is 2. The highest BCUT2D eigenvalue weighted by atomic mass is 16.5. The number of carboxylic acids is 1. The van der Waals surface area contributed by atoms with E-state index in [2.05, 4.69) is 18.2 Å². The minimum atomic E-state index is -0.716. The Balaban J connectivity index is 1.97. The highest BCUT2D eigenvalue weighted by Gasteiger charge is 2.09. The molecule has 3 heteroatoms. The Bertz CT molecular complexity index is 385. The molecule has 0 radical (unpaired) electrons. The number of benzene rings is 1. The quantitative estimate of drug-likeness (QED) is 0.845. The molecule has 0 spiro atoms. The predicted molar refractivity (Wildman–Crippen MR) is 60.4 cm³/mol. The number of carbonyl (C=O) groups is 1. The fourth-order valence-corrected chi connectivity index (χ4v) is 2.02. The van der Waals surface area contributed by atoms with E-state index in [-0.39, 0.29) is 6.42 Å². The lowest BCUT2D eigenvalue weighted by Gasteiger charge is -2.17. The van der Waals surface area contributed by atoms with Gasteiger partial charge in [0.1, 0.15) is 0 Å². The Hall–Kier alpha value is -1.35. The molecule has 1 aromatic carbocycles. The molecule has 0 atom stereocenters. The molecule has 0 unspecified atom stereocenters. The van der Waals surface area contributed by atoms with Gasteiger partial charge in [-0.05, 0) is 36.0 Å². The number of ether oxygens (including phenoxy) is 1. The van der Waals surface area contributed by atoms with Crippen molar-refractivity contribution in [2.24, 2.45) is 0 Å². The van der Waals surface area contributed by atoms with Gasteiger partial charge in [0.05, 0.1) is 13.2 Å². The third-order valence-corrected chi connectivity index (χ3v) is 2.90. The van der Waals surface area contributed by atoms with Crippen LogP contribution in [0.5, 0.6) is 0 Å². The van der Waals surface area contributed by atoms with Gasteiger partial charge in [-0.1, -0.05) is 18.2 Å². The third kappa shape index (κ3) is 2.83. The second-order valence-electron chi connectivity index (χ2n) is 4.15. The van der Waals surface area contributed by atoms with Crippen molar-refractivity contribution in [2.45, 2.75) is 32.3 Å². The summed E-state index contributed by atoms with van der Waals surface area (Å²) in [6, 6.07) is 6.37. The minimum absolute atomic E-state index is 0.250. The largest absolute Gasteiger partial charge is 0.481 e. The molecule has 86 valence electrons. The molecular formula is C13H16O3. The van der Waals surface area contributed by atoms with E-state index in [1.54, 1.807) is 0 Å². The van der Waals surface area contributed by atoms with Gasteiger partial charge in [0.25, 0.3) is 0 Å². The van der Waals surface area contributed by atoms with Crippen LogP contribution in [0.2, 0.25) is 0 Å². The summed E-state index contributed by atoms with van der Waals surface area (Å²) < 4.78 is 5.37. The molecule has 0 saturated carbocycles. The van der Waals surface area contributed by atoms with Crippen LogP contribution in [0.15, 0.2) is 18.2 Å². The minimum Gasteiger partial charge on any atom is -0.481 e. The normalized spacial score (nSPS) is 14.5. The molecule has 0 saturated heterocycles. The molecule has 1 aliphatic rings. The molecular weight excluding hydrogens is 204 g/mol. The van der Waals surface area contributed by atoms with Crippen LogP contribution in [0.1, 0.15) is 29.5 Å². The Labute approximate surface area is 95.0 Å². The van der Waals surface area contributed by atoms with Crippen LogP contribution in [0.25, 0.3) is 0 Å². The van der Waals surface area contributed by atoms with E-state index in [1.807, 2.05) is 0 Å².